The van der Waals surface area contributed by atoms with Crippen LogP contribution in [0.3, 0.4) is 0 Å². The zero-order valence-corrected chi connectivity index (χ0v) is 13.5. The van der Waals surface area contributed by atoms with Gasteiger partial charge in [0, 0.05) is 6.07 Å². The molecule has 0 heterocycles. The average molecular weight is 317 g/mol. The van der Waals surface area contributed by atoms with Gasteiger partial charge in [-0.25, -0.2) is 0 Å². The molecule has 6 heteroatoms. The summed E-state index contributed by atoms with van der Waals surface area (Å²) in [5, 5.41) is 2.80. The number of hydrogen-bond acceptors (Lipinski definition) is 5. The van der Waals surface area contributed by atoms with Crippen molar-refractivity contribution in [1.82, 2.24) is 0 Å². The highest BCUT2D eigenvalue weighted by Crippen LogP contribution is 2.31. The lowest BCUT2D eigenvalue weighted by Crippen LogP contribution is -2.14. The lowest BCUT2D eigenvalue weighted by atomic mass is 10.1. The first-order valence-corrected chi connectivity index (χ1v) is 6.88. The fraction of sp³-hybridized carbons (Fsp3) is 0.235. The number of amides is 1. The molecular weight excluding hydrogens is 298 g/mol. The van der Waals surface area contributed by atoms with E-state index in [1.165, 1.54) is 21.3 Å². The zero-order chi connectivity index (χ0) is 16.8. The SMILES string of the molecule is COc1ccc(NC(=O)c2cc(OC)ccc2OC)c(OC)c1. The Labute approximate surface area is 134 Å². The molecular formula is C17H19NO5. The molecule has 2 aromatic carbocycles. The second-order valence-corrected chi connectivity index (χ2v) is 4.59. The zero-order valence-electron chi connectivity index (χ0n) is 13.5. The van der Waals surface area contributed by atoms with Crippen molar-refractivity contribution < 1.29 is 23.7 Å². The first-order valence-electron chi connectivity index (χ1n) is 6.88. The molecule has 23 heavy (non-hydrogen) atoms. The van der Waals surface area contributed by atoms with Gasteiger partial charge in [0.1, 0.15) is 23.0 Å². The predicted molar refractivity (Wildman–Crippen MR) is 87.0 cm³/mol. The number of rotatable bonds is 6. The average Bonchev–Trinajstić information content (AvgIpc) is 2.61. The molecule has 0 bridgehead atoms. The van der Waals surface area contributed by atoms with E-state index < -0.39 is 0 Å². The van der Waals surface area contributed by atoms with Gasteiger partial charge in [-0.05, 0) is 30.3 Å². The van der Waals surface area contributed by atoms with E-state index in [2.05, 4.69) is 5.32 Å². The maximum atomic E-state index is 12.6. The summed E-state index contributed by atoms with van der Waals surface area (Å²) in [5.41, 5.74) is 0.896. The Morgan fingerprint density at radius 1 is 0.783 bits per heavy atom. The Hall–Kier alpha value is -2.89. The smallest absolute Gasteiger partial charge is 0.259 e. The fourth-order valence-electron chi connectivity index (χ4n) is 2.08. The fourth-order valence-corrected chi connectivity index (χ4v) is 2.08. The predicted octanol–water partition coefficient (Wildman–Crippen LogP) is 2.97. The summed E-state index contributed by atoms with van der Waals surface area (Å²) >= 11 is 0. The summed E-state index contributed by atoms with van der Waals surface area (Å²) in [6.45, 7) is 0. The van der Waals surface area contributed by atoms with Gasteiger partial charge in [-0.2, -0.15) is 0 Å². The quantitative estimate of drug-likeness (QED) is 0.887. The van der Waals surface area contributed by atoms with E-state index in [1.54, 1.807) is 43.5 Å². The number of anilines is 1. The highest BCUT2D eigenvalue weighted by Gasteiger charge is 2.16. The van der Waals surface area contributed by atoms with E-state index in [4.69, 9.17) is 18.9 Å². The molecule has 2 rings (SSSR count). The number of carbonyl (C=O) groups excluding carboxylic acids is 1. The molecule has 2 aromatic rings. The van der Waals surface area contributed by atoms with Gasteiger partial charge in [-0.1, -0.05) is 0 Å². The minimum Gasteiger partial charge on any atom is -0.497 e. The Morgan fingerprint density at radius 3 is 2.00 bits per heavy atom. The summed E-state index contributed by atoms with van der Waals surface area (Å²) in [5.74, 6) is 1.83. The molecule has 6 nitrogen and oxygen atoms in total. The van der Waals surface area contributed by atoms with E-state index in [9.17, 15) is 4.79 Å². The van der Waals surface area contributed by atoms with Crippen molar-refractivity contribution in [3.05, 3.63) is 42.0 Å². The molecule has 1 N–H and O–H groups in total. The molecule has 1 amide bonds. The molecule has 0 fully saturated rings. The Morgan fingerprint density at radius 2 is 1.39 bits per heavy atom. The monoisotopic (exact) mass is 317 g/mol. The van der Waals surface area contributed by atoms with Gasteiger partial charge in [-0.15, -0.1) is 0 Å². The van der Waals surface area contributed by atoms with Gasteiger partial charge < -0.3 is 24.3 Å². The molecule has 0 aliphatic rings. The van der Waals surface area contributed by atoms with Crippen molar-refractivity contribution in [2.24, 2.45) is 0 Å². The van der Waals surface area contributed by atoms with Crippen LogP contribution in [0.1, 0.15) is 10.4 Å². The Bertz CT molecular complexity index is 699. The van der Waals surface area contributed by atoms with Gasteiger partial charge in [0.25, 0.3) is 5.91 Å². The Balaban J connectivity index is 2.32. The molecule has 0 aliphatic carbocycles. The number of nitrogens with one attached hydrogen (secondary N) is 1. The first kappa shape index (κ1) is 16.5. The van der Waals surface area contributed by atoms with Crippen molar-refractivity contribution in [2.45, 2.75) is 0 Å². The maximum absolute atomic E-state index is 12.6. The number of methoxy groups -OCH3 is 4. The van der Waals surface area contributed by atoms with Crippen molar-refractivity contribution in [3.8, 4) is 23.0 Å². The van der Waals surface area contributed by atoms with Crippen LogP contribution in [0.25, 0.3) is 0 Å². The Kier molecular flexibility index (Phi) is 5.30. The minimum atomic E-state index is -0.329. The summed E-state index contributed by atoms with van der Waals surface area (Å²) in [6, 6.07) is 10.2. The van der Waals surface area contributed by atoms with Gasteiger partial charge in [0.2, 0.25) is 0 Å². The van der Waals surface area contributed by atoms with Crippen molar-refractivity contribution in [2.75, 3.05) is 33.8 Å². The molecule has 0 unspecified atom stereocenters. The third-order valence-corrected chi connectivity index (χ3v) is 3.31. The maximum Gasteiger partial charge on any atom is 0.259 e. The molecule has 0 radical (unpaired) electrons. The van der Waals surface area contributed by atoms with E-state index in [-0.39, 0.29) is 5.91 Å². The molecule has 122 valence electrons. The van der Waals surface area contributed by atoms with E-state index in [0.29, 0.717) is 34.2 Å². The van der Waals surface area contributed by atoms with Gasteiger partial charge in [-0.3, -0.25) is 4.79 Å². The van der Waals surface area contributed by atoms with E-state index in [1.807, 2.05) is 0 Å². The molecule has 0 aromatic heterocycles. The topological polar surface area (TPSA) is 66.0 Å². The number of ether oxygens (including phenoxy) is 4. The highest BCUT2D eigenvalue weighted by atomic mass is 16.5. The largest absolute Gasteiger partial charge is 0.497 e. The van der Waals surface area contributed by atoms with Crippen LogP contribution in [-0.2, 0) is 0 Å². The van der Waals surface area contributed by atoms with Crippen LogP contribution < -0.4 is 24.3 Å². The summed E-state index contributed by atoms with van der Waals surface area (Å²) in [4.78, 5) is 12.6. The van der Waals surface area contributed by atoms with Gasteiger partial charge >= 0.3 is 0 Å². The molecule has 0 saturated carbocycles. The highest BCUT2D eigenvalue weighted by molar-refractivity contribution is 6.07. The van der Waals surface area contributed by atoms with Crippen LogP contribution in [0.4, 0.5) is 5.69 Å². The number of benzene rings is 2. The first-order chi connectivity index (χ1) is 11.1. The van der Waals surface area contributed by atoms with Crippen LogP contribution in [0, 0.1) is 0 Å². The summed E-state index contributed by atoms with van der Waals surface area (Å²) in [6.07, 6.45) is 0. The molecule has 0 spiro atoms. The van der Waals surface area contributed by atoms with Crippen LogP contribution in [-0.4, -0.2) is 34.3 Å². The normalized spacial score (nSPS) is 9.91. The van der Waals surface area contributed by atoms with Crippen molar-refractivity contribution >= 4 is 11.6 Å². The van der Waals surface area contributed by atoms with Crippen LogP contribution >= 0.6 is 0 Å². The summed E-state index contributed by atoms with van der Waals surface area (Å²) in [7, 11) is 6.13. The van der Waals surface area contributed by atoms with Crippen molar-refractivity contribution in [1.29, 1.82) is 0 Å². The third kappa shape index (κ3) is 3.66. The van der Waals surface area contributed by atoms with E-state index in [0.717, 1.165) is 0 Å². The van der Waals surface area contributed by atoms with E-state index >= 15 is 0 Å². The molecule has 0 atom stereocenters. The number of carbonyl (C=O) groups is 1. The van der Waals surface area contributed by atoms with Crippen LogP contribution in [0.2, 0.25) is 0 Å². The lowest BCUT2D eigenvalue weighted by molar-refractivity contribution is 0.102. The summed E-state index contributed by atoms with van der Waals surface area (Å²) < 4.78 is 20.8. The van der Waals surface area contributed by atoms with Crippen LogP contribution in [0.15, 0.2) is 36.4 Å². The molecule has 0 aliphatic heterocycles. The van der Waals surface area contributed by atoms with Crippen molar-refractivity contribution in [3.63, 3.8) is 0 Å². The van der Waals surface area contributed by atoms with Gasteiger partial charge in [0.05, 0.1) is 39.7 Å². The number of hydrogen-bond donors (Lipinski definition) is 1. The second-order valence-electron chi connectivity index (χ2n) is 4.59. The second kappa shape index (κ2) is 7.40. The standard InChI is InChI=1S/C17H19NO5/c1-20-11-6-8-15(22-3)13(9-11)17(19)18-14-7-5-12(21-2)10-16(14)23-4/h5-10H,1-4H3,(H,18,19). The lowest BCUT2D eigenvalue weighted by Gasteiger charge is -2.13. The van der Waals surface area contributed by atoms with Gasteiger partial charge in [0.15, 0.2) is 0 Å². The minimum absolute atomic E-state index is 0.329. The molecule has 0 saturated heterocycles. The third-order valence-electron chi connectivity index (χ3n) is 3.31. The van der Waals surface area contributed by atoms with Crippen LogP contribution in [0.5, 0.6) is 23.0 Å².